The van der Waals surface area contributed by atoms with Crippen LogP contribution in [0.25, 0.3) is 0 Å². The van der Waals surface area contributed by atoms with Crippen LogP contribution in [-0.2, 0) is 49.4 Å². The molecule has 0 bridgehead atoms. The van der Waals surface area contributed by atoms with Crippen molar-refractivity contribution in [3.63, 3.8) is 0 Å². The summed E-state index contributed by atoms with van der Waals surface area (Å²) in [4.78, 5) is 39.6. The number of ether oxygens (including phenoxy) is 7. The first-order valence-electron chi connectivity index (χ1n) is 20.7. The van der Waals surface area contributed by atoms with Gasteiger partial charge in [0.25, 0.3) is 0 Å². The summed E-state index contributed by atoms with van der Waals surface area (Å²) in [6.07, 6.45) is -1.98. The van der Waals surface area contributed by atoms with Crippen LogP contribution in [-0.4, -0.2) is 121 Å². The highest BCUT2D eigenvalue weighted by molar-refractivity contribution is 6.31. The molecule has 1 aromatic carbocycles. The number of esters is 1. The quantitative estimate of drug-likeness (QED) is 0.159. The average Bonchev–Trinajstić information content (AvgIpc) is 3.54. The van der Waals surface area contributed by atoms with Crippen LogP contribution < -0.4 is 0 Å². The number of halogens is 1. The standard InChI is InChI=1S/C45H62ClN3O11/c1-11-35-45(7)40(59-43(52)60-45)28(3)36(48-56-26-32-18-12-13-19-33(32)46)27(2)24-44(6,53-10)39(58-42-37(50)34(49(8)9)20-23-55-42)29(4)38(30(5)41(51)57-35)54-22-15-17-31-16-14-21-47-25-31/h12-14,16,18-19,21,25,27-30,34-35,37-40,42,50H,11,20,22-24,26H2,1-10H3/b48-36+/t27-,28+,29+,30-,34+,35-,37-,38+,39-,40-,42+,44-,45-/m1/s1. The fraction of sp³-hybridized carbons (Fsp3) is 0.644. The molecule has 5 rings (SSSR count). The maximum atomic E-state index is 14.5. The number of aromatic nitrogens is 1. The van der Waals surface area contributed by atoms with E-state index in [1.54, 1.807) is 45.5 Å². The minimum atomic E-state index is -1.40. The Morgan fingerprint density at radius 3 is 2.48 bits per heavy atom. The van der Waals surface area contributed by atoms with E-state index in [-0.39, 0.29) is 19.3 Å². The first kappa shape index (κ1) is 47.2. The van der Waals surface area contributed by atoms with E-state index in [1.165, 1.54) is 0 Å². The van der Waals surface area contributed by atoms with Crippen molar-refractivity contribution in [3.8, 4) is 11.8 Å². The molecule has 3 saturated heterocycles. The number of rotatable bonds is 10. The molecule has 14 nitrogen and oxygen atoms in total. The third-order valence-corrected chi connectivity index (χ3v) is 12.7. The molecule has 15 heteroatoms. The molecule has 3 aliphatic rings. The molecule has 4 heterocycles. The Bertz CT molecular complexity index is 1840. The molecule has 3 fully saturated rings. The number of carbonyl (C=O) groups is 2. The van der Waals surface area contributed by atoms with Gasteiger partial charge < -0.3 is 48.0 Å². The number of likely N-dealkylation sites (N-methyl/N-ethyl adjacent to an activating group) is 1. The molecule has 0 amide bonds. The van der Waals surface area contributed by atoms with Crippen molar-refractivity contribution < 1.29 is 52.7 Å². The summed E-state index contributed by atoms with van der Waals surface area (Å²) < 4.78 is 44.2. The lowest BCUT2D eigenvalue weighted by atomic mass is 9.73. The van der Waals surface area contributed by atoms with Crippen LogP contribution in [0.5, 0.6) is 0 Å². The molecule has 0 saturated carbocycles. The molecular formula is C45H62ClN3O11. The van der Waals surface area contributed by atoms with Crippen molar-refractivity contribution >= 4 is 29.4 Å². The van der Waals surface area contributed by atoms with Gasteiger partial charge in [0.05, 0.1) is 36.0 Å². The Kier molecular flexibility index (Phi) is 16.4. The van der Waals surface area contributed by atoms with Crippen LogP contribution in [0, 0.1) is 35.5 Å². The number of benzene rings is 1. The largest absolute Gasteiger partial charge is 0.509 e. The molecule has 2 aromatic rings. The van der Waals surface area contributed by atoms with Crippen LogP contribution in [0.4, 0.5) is 4.79 Å². The van der Waals surface area contributed by atoms with Crippen LogP contribution in [0.3, 0.4) is 0 Å². The van der Waals surface area contributed by atoms with Gasteiger partial charge in [0, 0.05) is 59.4 Å². The van der Waals surface area contributed by atoms with Crippen molar-refractivity contribution in [1.82, 2.24) is 9.88 Å². The smallest absolute Gasteiger partial charge is 0.458 e. The summed E-state index contributed by atoms with van der Waals surface area (Å²) in [6.45, 7) is 13.4. The molecule has 1 N–H and O–H groups in total. The van der Waals surface area contributed by atoms with E-state index in [4.69, 9.17) is 54.8 Å². The number of cyclic esters (lactones) is 1. The van der Waals surface area contributed by atoms with Crippen LogP contribution in [0.1, 0.15) is 78.9 Å². The normalized spacial score (nSPS) is 36.0. The Hall–Kier alpha value is -3.81. The molecule has 13 atom stereocenters. The average molecular weight is 856 g/mol. The first-order valence-corrected chi connectivity index (χ1v) is 21.1. The molecule has 0 radical (unpaired) electrons. The van der Waals surface area contributed by atoms with Crippen molar-refractivity contribution in [2.45, 2.75) is 128 Å². The van der Waals surface area contributed by atoms with Gasteiger partial charge in [-0.1, -0.05) is 74.5 Å². The van der Waals surface area contributed by atoms with Crippen molar-refractivity contribution in [3.05, 3.63) is 64.9 Å². The van der Waals surface area contributed by atoms with Crippen LogP contribution in [0.2, 0.25) is 5.02 Å². The van der Waals surface area contributed by atoms with E-state index in [1.807, 2.05) is 77.9 Å². The van der Waals surface area contributed by atoms with Gasteiger partial charge in [-0.15, -0.1) is 0 Å². The van der Waals surface area contributed by atoms with Gasteiger partial charge in [0.2, 0.25) is 0 Å². The number of nitrogens with zero attached hydrogens (tertiary/aromatic N) is 3. The van der Waals surface area contributed by atoms with E-state index >= 15 is 0 Å². The van der Waals surface area contributed by atoms with E-state index in [2.05, 4.69) is 16.8 Å². The Morgan fingerprint density at radius 2 is 1.82 bits per heavy atom. The zero-order valence-corrected chi connectivity index (χ0v) is 37.2. The molecule has 60 heavy (non-hydrogen) atoms. The number of oxime groups is 1. The zero-order chi connectivity index (χ0) is 43.8. The molecule has 3 aliphatic heterocycles. The number of aliphatic hydroxyl groups excluding tert-OH is 1. The van der Waals surface area contributed by atoms with Gasteiger partial charge in [-0.2, -0.15) is 0 Å². The summed E-state index contributed by atoms with van der Waals surface area (Å²) in [5.41, 5.74) is -0.570. The first-order chi connectivity index (χ1) is 28.5. The van der Waals surface area contributed by atoms with Gasteiger partial charge in [-0.3, -0.25) is 9.78 Å². The summed E-state index contributed by atoms with van der Waals surface area (Å²) in [6, 6.07) is 10.7. The second kappa shape index (κ2) is 20.8. The zero-order valence-electron chi connectivity index (χ0n) is 36.5. The molecule has 0 spiro atoms. The van der Waals surface area contributed by atoms with E-state index in [0.29, 0.717) is 42.2 Å². The third-order valence-electron chi connectivity index (χ3n) is 12.3. The van der Waals surface area contributed by atoms with Gasteiger partial charge in [0.1, 0.15) is 25.4 Å². The summed E-state index contributed by atoms with van der Waals surface area (Å²) in [7, 11) is 5.40. The molecule has 330 valence electrons. The van der Waals surface area contributed by atoms with Crippen LogP contribution >= 0.6 is 11.6 Å². The van der Waals surface area contributed by atoms with Gasteiger partial charge in [0.15, 0.2) is 18.0 Å². The molecule has 1 aromatic heterocycles. The lowest BCUT2D eigenvalue weighted by Crippen LogP contribution is -2.59. The number of hydrogen-bond donors (Lipinski definition) is 1. The van der Waals surface area contributed by atoms with Gasteiger partial charge in [-0.25, -0.2) is 4.79 Å². The second-order valence-corrected chi connectivity index (χ2v) is 17.2. The monoisotopic (exact) mass is 855 g/mol. The van der Waals surface area contributed by atoms with E-state index in [0.717, 1.165) is 5.56 Å². The maximum absolute atomic E-state index is 14.5. The van der Waals surface area contributed by atoms with Gasteiger partial charge in [-0.05, 0) is 72.3 Å². The summed E-state index contributed by atoms with van der Waals surface area (Å²) in [5, 5.41) is 16.9. The number of aliphatic hydroxyl groups is 1. The number of methoxy groups -OCH3 is 1. The van der Waals surface area contributed by atoms with Crippen LogP contribution in [0.15, 0.2) is 53.9 Å². The lowest BCUT2D eigenvalue weighted by Gasteiger charge is -2.47. The second-order valence-electron chi connectivity index (χ2n) is 16.8. The lowest BCUT2D eigenvalue weighted by molar-refractivity contribution is -0.289. The van der Waals surface area contributed by atoms with Crippen molar-refractivity contribution in [1.29, 1.82) is 0 Å². The fourth-order valence-electron chi connectivity index (χ4n) is 8.96. The molecule has 0 unspecified atom stereocenters. The SMILES string of the molecule is CC[C@H]1OC(=O)[C@H](C)[C@@H](OCC#Cc2cccnc2)[C@H](C)[C@@H](O[C@@H]2OCC[C@H](N(C)C)[C@H]2O)[C@](C)(OC)C[C@@H](C)/C(=N\OCc2ccccc2Cl)[C@H](C)[C@H]2OC(=O)O[C@@]21C. The minimum Gasteiger partial charge on any atom is -0.458 e. The number of fused-ring (bicyclic) bond motifs is 1. The molecular weight excluding hydrogens is 794 g/mol. The summed E-state index contributed by atoms with van der Waals surface area (Å²) in [5.74, 6) is 3.04. The minimum absolute atomic E-state index is 0.0425. The Balaban J connectivity index is 1.62. The predicted molar refractivity (Wildman–Crippen MR) is 224 cm³/mol. The van der Waals surface area contributed by atoms with Gasteiger partial charge >= 0.3 is 12.1 Å². The Labute approximate surface area is 359 Å². The maximum Gasteiger partial charge on any atom is 0.509 e. The highest BCUT2D eigenvalue weighted by Crippen LogP contribution is 2.43. The molecule has 0 aliphatic carbocycles. The highest BCUT2D eigenvalue weighted by atomic mass is 35.5. The van der Waals surface area contributed by atoms with Crippen molar-refractivity contribution in [2.75, 3.05) is 34.4 Å². The van der Waals surface area contributed by atoms with E-state index in [9.17, 15) is 14.7 Å². The topological polar surface area (TPSA) is 157 Å². The highest BCUT2D eigenvalue weighted by Gasteiger charge is 2.59. The number of pyridine rings is 1. The number of hydrogen-bond acceptors (Lipinski definition) is 14. The van der Waals surface area contributed by atoms with Crippen molar-refractivity contribution in [2.24, 2.45) is 28.8 Å². The predicted octanol–water partition coefficient (Wildman–Crippen LogP) is 6.44. The third kappa shape index (κ3) is 10.8. The van der Waals surface area contributed by atoms with E-state index < -0.39 is 83.8 Å². The fourth-order valence-corrected chi connectivity index (χ4v) is 9.15. The number of carbonyl (C=O) groups excluding carboxylic acids is 2. The summed E-state index contributed by atoms with van der Waals surface area (Å²) >= 11 is 6.47. The Morgan fingerprint density at radius 1 is 1.07 bits per heavy atom.